The second-order valence-electron chi connectivity index (χ2n) is 3.63. The van der Waals surface area contributed by atoms with Crippen LogP contribution in [0.1, 0.15) is 47.8 Å². The Bertz CT molecular complexity index is 304. The van der Waals surface area contributed by atoms with Crippen LogP contribution in [0.25, 0.3) is 0 Å². The number of esters is 1. The lowest BCUT2D eigenvalue weighted by Gasteiger charge is -2.03. The summed E-state index contributed by atoms with van der Waals surface area (Å²) in [5.74, 6) is -0.168. The minimum absolute atomic E-state index is 0.168. The van der Waals surface area contributed by atoms with Gasteiger partial charge in [0.1, 0.15) is 4.88 Å². The first-order valence-corrected chi connectivity index (χ1v) is 6.35. The van der Waals surface area contributed by atoms with E-state index >= 15 is 0 Å². The number of carbonyl (C=O) groups excluding carboxylic acids is 1. The average Bonchev–Trinajstić information content (AvgIpc) is 2.64. The Balaban J connectivity index is 2.22. The Kier molecular flexibility index (Phi) is 5.40. The maximum Gasteiger partial charge on any atom is 0.348 e. The highest BCUT2D eigenvalue weighted by Crippen LogP contribution is 2.16. The number of carbonyl (C=O) groups is 1. The SMILES string of the molecule is CCCCCCOC(=O)c1sccc1C. The van der Waals surface area contributed by atoms with Crippen molar-refractivity contribution >= 4 is 17.3 Å². The summed E-state index contributed by atoms with van der Waals surface area (Å²) in [6.45, 7) is 4.65. The van der Waals surface area contributed by atoms with Crippen molar-refractivity contribution < 1.29 is 9.53 Å². The number of rotatable bonds is 6. The molecule has 15 heavy (non-hydrogen) atoms. The summed E-state index contributed by atoms with van der Waals surface area (Å²) in [7, 11) is 0. The van der Waals surface area contributed by atoms with Gasteiger partial charge in [0.2, 0.25) is 0 Å². The van der Waals surface area contributed by atoms with Crippen molar-refractivity contribution in [2.45, 2.75) is 39.5 Å². The summed E-state index contributed by atoms with van der Waals surface area (Å²) >= 11 is 1.45. The molecule has 0 radical (unpaired) electrons. The van der Waals surface area contributed by atoms with Gasteiger partial charge in [-0.2, -0.15) is 0 Å². The van der Waals surface area contributed by atoms with Crippen LogP contribution >= 0.6 is 11.3 Å². The number of hydrogen-bond acceptors (Lipinski definition) is 3. The highest BCUT2D eigenvalue weighted by Gasteiger charge is 2.10. The molecule has 0 amide bonds. The van der Waals surface area contributed by atoms with E-state index in [1.807, 2.05) is 18.4 Å². The number of hydrogen-bond donors (Lipinski definition) is 0. The molecule has 0 spiro atoms. The third-order valence-electron chi connectivity index (χ3n) is 2.28. The third kappa shape index (κ3) is 4.04. The topological polar surface area (TPSA) is 26.3 Å². The molecule has 3 heteroatoms. The lowest BCUT2D eigenvalue weighted by atomic mass is 10.2. The van der Waals surface area contributed by atoms with Gasteiger partial charge in [0.25, 0.3) is 0 Å². The number of thiophene rings is 1. The normalized spacial score (nSPS) is 10.3. The molecule has 0 aliphatic rings. The fraction of sp³-hybridized carbons (Fsp3) is 0.583. The fourth-order valence-electron chi connectivity index (χ4n) is 1.34. The predicted molar refractivity (Wildman–Crippen MR) is 63.5 cm³/mol. The maximum atomic E-state index is 11.5. The first-order chi connectivity index (χ1) is 7.25. The van der Waals surface area contributed by atoms with Crippen molar-refractivity contribution in [2.75, 3.05) is 6.61 Å². The van der Waals surface area contributed by atoms with E-state index in [1.54, 1.807) is 0 Å². The predicted octanol–water partition coefficient (Wildman–Crippen LogP) is 3.79. The van der Waals surface area contributed by atoms with Crippen LogP contribution in [0.2, 0.25) is 0 Å². The van der Waals surface area contributed by atoms with Gasteiger partial charge in [-0.1, -0.05) is 26.2 Å². The van der Waals surface area contributed by atoms with Gasteiger partial charge >= 0.3 is 5.97 Å². The van der Waals surface area contributed by atoms with Crippen LogP contribution < -0.4 is 0 Å². The quantitative estimate of drug-likeness (QED) is 0.545. The lowest BCUT2D eigenvalue weighted by Crippen LogP contribution is -2.05. The van der Waals surface area contributed by atoms with Crippen LogP contribution in [-0.4, -0.2) is 12.6 Å². The first-order valence-electron chi connectivity index (χ1n) is 5.47. The molecule has 2 nitrogen and oxygen atoms in total. The van der Waals surface area contributed by atoms with Gasteiger partial charge in [-0.25, -0.2) is 4.79 Å². The zero-order valence-electron chi connectivity index (χ0n) is 9.41. The largest absolute Gasteiger partial charge is 0.462 e. The molecule has 0 saturated carbocycles. The molecule has 1 aromatic rings. The minimum Gasteiger partial charge on any atom is -0.462 e. The van der Waals surface area contributed by atoms with E-state index < -0.39 is 0 Å². The Morgan fingerprint density at radius 2 is 2.20 bits per heavy atom. The highest BCUT2D eigenvalue weighted by atomic mass is 32.1. The van der Waals surface area contributed by atoms with Gasteiger partial charge in [0, 0.05) is 0 Å². The Morgan fingerprint density at radius 1 is 1.40 bits per heavy atom. The molecule has 0 N–H and O–H groups in total. The van der Waals surface area contributed by atoms with Crippen LogP contribution in [0.5, 0.6) is 0 Å². The Morgan fingerprint density at radius 3 is 2.80 bits per heavy atom. The van der Waals surface area contributed by atoms with Crippen molar-refractivity contribution in [1.82, 2.24) is 0 Å². The van der Waals surface area contributed by atoms with Crippen molar-refractivity contribution in [2.24, 2.45) is 0 Å². The summed E-state index contributed by atoms with van der Waals surface area (Å²) in [4.78, 5) is 12.3. The molecule has 0 aliphatic carbocycles. The van der Waals surface area contributed by atoms with Crippen LogP contribution in [0.15, 0.2) is 11.4 Å². The molecule has 0 atom stereocenters. The summed E-state index contributed by atoms with van der Waals surface area (Å²) in [6, 6.07) is 1.94. The van der Waals surface area contributed by atoms with E-state index in [-0.39, 0.29) is 5.97 Å². The second kappa shape index (κ2) is 6.62. The molecular formula is C12H18O2S. The summed E-state index contributed by atoms with van der Waals surface area (Å²) in [5.41, 5.74) is 1.01. The van der Waals surface area contributed by atoms with Crippen molar-refractivity contribution in [3.8, 4) is 0 Å². The molecular weight excluding hydrogens is 208 g/mol. The van der Waals surface area contributed by atoms with Gasteiger partial charge in [0.15, 0.2) is 0 Å². The zero-order valence-corrected chi connectivity index (χ0v) is 10.2. The smallest absolute Gasteiger partial charge is 0.348 e. The molecule has 1 aromatic heterocycles. The molecule has 1 rings (SSSR count). The van der Waals surface area contributed by atoms with E-state index in [1.165, 1.54) is 24.2 Å². The van der Waals surface area contributed by atoms with E-state index in [9.17, 15) is 4.79 Å². The van der Waals surface area contributed by atoms with Crippen molar-refractivity contribution in [1.29, 1.82) is 0 Å². The minimum atomic E-state index is -0.168. The molecule has 0 saturated heterocycles. The van der Waals surface area contributed by atoms with Gasteiger partial charge < -0.3 is 4.74 Å². The Hall–Kier alpha value is -0.830. The van der Waals surface area contributed by atoms with Gasteiger partial charge in [0.05, 0.1) is 6.61 Å². The van der Waals surface area contributed by atoms with Gasteiger partial charge in [-0.3, -0.25) is 0 Å². The molecule has 1 heterocycles. The summed E-state index contributed by atoms with van der Waals surface area (Å²) in [6.07, 6.45) is 4.55. The molecule has 0 unspecified atom stereocenters. The summed E-state index contributed by atoms with van der Waals surface area (Å²) in [5, 5.41) is 1.92. The van der Waals surface area contributed by atoms with E-state index in [2.05, 4.69) is 6.92 Å². The van der Waals surface area contributed by atoms with Crippen LogP contribution in [0.3, 0.4) is 0 Å². The monoisotopic (exact) mass is 226 g/mol. The van der Waals surface area contributed by atoms with Gasteiger partial charge in [-0.05, 0) is 30.4 Å². The molecule has 0 aromatic carbocycles. The Labute approximate surface area is 95.3 Å². The molecule has 0 fully saturated rings. The van der Waals surface area contributed by atoms with E-state index in [0.717, 1.165) is 23.3 Å². The zero-order chi connectivity index (χ0) is 11.1. The van der Waals surface area contributed by atoms with Crippen LogP contribution in [0.4, 0.5) is 0 Å². The number of ether oxygens (including phenoxy) is 1. The second-order valence-corrected chi connectivity index (χ2v) is 4.55. The van der Waals surface area contributed by atoms with E-state index in [0.29, 0.717) is 6.61 Å². The first kappa shape index (κ1) is 12.2. The number of aryl methyl sites for hydroxylation is 1. The van der Waals surface area contributed by atoms with Crippen LogP contribution in [0, 0.1) is 6.92 Å². The van der Waals surface area contributed by atoms with E-state index in [4.69, 9.17) is 4.74 Å². The maximum absolute atomic E-state index is 11.5. The fourth-order valence-corrected chi connectivity index (χ4v) is 2.16. The standard InChI is InChI=1S/C12H18O2S/c1-3-4-5-6-8-14-12(13)11-10(2)7-9-15-11/h7,9H,3-6,8H2,1-2H3. The third-order valence-corrected chi connectivity index (χ3v) is 3.28. The molecule has 84 valence electrons. The molecule has 0 aliphatic heterocycles. The highest BCUT2D eigenvalue weighted by molar-refractivity contribution is 7.12. The van der Waals surface area contributed by atoms with Crippen LogP contribution in [-0.2, 0) is 4.74 Å². The van der Waals surface area contributed by atoms with Crippen molar-refractivity contribution in [3.63, 3.8) is 0 Å². The average molecular weight is 226 g/mol. The number of unbranched alkanes of at least 4 members (excludes halogenated alkanes) is 3. The van der Waals surface area contributed by atoms with Crippen molar-refractivity contribution in [3.05, 3.63) is 21.9 Å². The summed E-state index contributed by atoms with van der Waals surface area (Å²) < 4.78 is 5.19. The van der Waals surface area contributed by atoms with Gasteiger partial charge in [-0.15, -0.1) is 11.3 Å². The lowest BCUT2D eigenvalue weighted by molar-refractivity contribution is 0.0503. The molecule has 0 bridgehead atoms.